The first-order valence-corrected chi connectivity index (χ1v) is 8.64. The number of likely N-dealkylation sites (tertiary alicyclic amines) is 1. The van der Waals surface area contributed by atoms with E-state index in [-0.39, 0.29) is 30.0 Å². The molecule has 0 spiro atoms. The number of fused-ring (bicyclic) bond motifs is 1. The number of nitrogens with zero attached hydrogens (tertiary/aromatic N) is 3. The fraction of sp³-hybridized carbons (Fsp3) is 0.467. The molecule has 0 saturated carbocycles. The molecule has 1 fully saturated rings. The molecule has 3 rings (SSSR count). The number of carbonyl (C=O) groups is 2. The summed E-state index contributed by atoms with van der Waals surface area (Å²) in [4.78, 5) is 42.8. The third-order valence-corrected chi connectivity index (χ3v) is 4.94. The summed E-state index contributed by atoms with van der Waals surface area (Å²) in [5.41, 5.74) is 6.29. The molecule has 2 aromatic heterocycles. The van der Waals surface area contributed by atoms with E-state index in [1.807, 2.05) is 6.92 Å². The minimum absolute atomic E-state index is 0.150. The van der Waals surface area contributed by atoms with Gasteiger partial charge in [-0.3, -0.25) is 19.0 Å². The molecule has 1 aliphatic rings. The normalized spacial score (nSPS) is 20.5. The molecule has 128 valence electrons. The summed E-state index contributed by atoms with van der Waals surface area (Å²) < 4.78 is 1.79. The Hall–Kier alpha value is -2.26. The molecule has 8 nitrogen and oxygen atoms in total. The van der Waals surface area contributed by atoms with Crippen LogP contribution in [0, 0.1) is 0 Å². The molecule has 2 aromatic rings. The number of aromatic nitrogens is 2. The van der Waals surface area contributed by atoms with Crippen molar-refractivity contribution in [2.45, 2.75) is 32.0 Å². The topological polar surface area (TPSA) is 110 Å². The molecule has 2 amide bonds. The Morgan fingerprint density at radius 3 is 3.04 bits per heavy atom. The number of carbonyl (C=O) groups excluding carboxylic acids is 2. The van der Waals surface area contributed by atoms with Gasteiger partial charge in [-0.15, -0.1) is 11.3 Å². The van der Waals surface area contributed by atoms with E-state index in [9.17, 15) is 14.4 Å². The highest BCUT2D eigenvalue weighted by Crippen LogP contribution is 2.18. The number of amides is 2. The Balaban J connectivity index is 1.81. The van der Waals surface area contributed by atoms with Crippen molar-refractivity contribution in [3.63, 3.8) is 0 Å². The van der Waals surface area contributed by atoms with Crippen molar-refractivity contribution in [1.29, 1.82) is 0 Å². The van der Waals surface area contributed by atoms with Crippen molar-refractivity contribution in [3.05, 3.63) is 28.1 Å². The first kappa shape index (κ1) is 16.6. The Bertz CT molecular complexity index is 830. The monoisotopic (exact) mass is 349 g/mol. The highest BCUT2D eigenvalue weighted by molar-refractivity contribution is 7.17. The van der Waals surface area contributed by atoms with E-state index in [4.69, 9.17) is 5.73 Å². The molecule has 24 heavy (non-hydrogen) atoms. The minimum atomic E-state index is -0.582. The largest absolute Gasteiger partial charge is 0.355 e. The fourth-order valence-corrected chi connectivity index (χ4v) is 3.71. The molecule has 1 aliphatic heterocycles. The van der Waals surface area contributed by atoms with Crippen molar-refractivity contribution >= 4 is 33.4 Å². The van der Waals surface area contributed by atoms with Gasteiger partial charge in [-0.2, -0.15) is 0 Å². The second kappa shape index (κ2) is 6.70. The van der Waals surface area contributed by atoms with Gasteiger partial charge < -0.3 is 16.0 Å². The molecule has 3 N–H and O–H groups in total. The van der Waals surface area contributed by atoms with Crippen LogP contribution in [0.25, 0.3) is 10.2 Å². The fourth-order valence-electron chi connectivity index (χ4n) is 2.91. The maximum Gasteiger partial charge on any atom is 0.271 e. The lowest BCUT2D eigenvalue weighted by molar-refractivity contribution is -0.138. The molecule has 9 heteroatoms. The third-order valence-electron chi connectivity index (χ3n) is 4.05. The Labute approximate surface area is 142 Å². The number of hydrogen-bond donors (Lipinski definition) is 2. The zero-order chi connectivity index (χ0) is 17.3. The van der Waals surface area contributed by atoms with Crippen molar-refractivity contribution in [1.82, 2.24) is 19.8 Å². The quantitative estimate of drug-likeness (QED) is 0.775. The Morgan fingerprint density at radius 2 is 2.29 bits per heavy atom. The van der Waals surface area contributed by atoms with E-state index in [1.165, 1.54) is 27.1 Å². The number of rotatable bonds is 4. The predicted molar refractivity (Wildman–Crippen MR) is 90.7 cm³/mol. The molecular weight excluding hydrogens is 330 g/mol. The maximum atomic E-state index is 12.6. The number of likely N-dealkylation sites (N-methyl/N-ethyl adjacent to an activating group) is 1. The molecule has 2 atom stereocenters. The first-order valence-electron chi connectivity index (χ1n) is 7.76. The average Bonchev–Trinajstić information content (AvgIpc) is 3.17. The van der Waals surface area contributed by atoms with Crippen LogP contribution in [0.4, 0.5) is 0 Å². The summed E-state index contributed by atoms with van der Waals surface area (Å²) in [5, 5.41) is 4.51. The van der Waals surface area contributed by atoms with Crippen LogP contribution < -0.4 is 16.6 Å². The summed E-state index contributed by atoms with van der Waals surface area (Å²) in [6.07, 6.45) is 1.79. The van der Waals surface area contributed by atoms with Crippen LogP contribution in [0.5, 0.6) is 0 Å². The highest BCUT2D eigenvalue weighted by Gasteiger charge is 2.37. The molecule has 0 unspecified atom stereocenters. The smallest absolute Gasteiger partial charge is 0.271 e. The maximum absolute atomic E-state index is 12.6. The standard InChI is InChI=1S/C15H19N5O3S/c1-2-17-14(22)11-5-9(16)6-20(11)12(21)7-19-8-18-10-3-4-24-13(10)15(19)23/h3-4,8-9,11H,2,5-7,16H2,1H3,(H,17,22)/t9-,11-/m0/s1. The lowest BCUT2D eigenvalue weighted by atomic mass is 10.1. The van der Waals surface area contributed by atoms with Gasteiger partial charge in [0.1, 0.15) is 17.3 Å². The number of nitrogens with one attached hydrogen (secondary N) is 1. The molecule has 1 saturated heterocycles. The van der Waals surface area contributed by atoms with Gasteiger partial charge in [0.15, 0.2) is 0 Å². The molecule has 3 heterocycles. The van der Waals surface area contributed by atoms with E-state index in [0.29, 0.717) is 29.7 Å². The SMILES string of the molecule is CCNC(=O)[C@@H]1C[C@H](N)CN1C(=O)Cn1cnc2ccsc2c1=O. The van der Waals surface area contributed by atoms with Crippen molar-refractivity contribution < 1.29 is 9.59 Å². The van der Waals surface area contributed by atoms with E-state index >= 15 is 0 Å². The second-order valence-corrected chi connectivity index (χ2v) is 6.68. The summed E-state index contributed by atoms with van der Waals surface area (Å²) in [7, 11) is 0. The average molecular weight is 349 g/mol. The summed E-state index contributed by atoms with van der Waals surface area (Å²) in [6, 6.07) is 0.941. The van der Waals surface area contributed by atoms with E-state index in [0.717, 1.165) is 0 Å². The molecule has 0 radical (unpaired) electrons. The first-order chi connectivity index (χ1) is 11.5. The number of hydrogen-bond acceptors (Lipinski definition) is 6. The van der Waals surface area contributed by atoms with Gasteiger partial charge in [-0.25, -0.2) is 4.98 Å². The van der Waals surface area contributed by atoms with Gasteiger partial charge in [0.05, 0.1) is 11.8 Å². The van der Waals surface area contributed by atoms with Crippen LogP contribution in [0.15, 0.2) is 22.6 Å². The van der Waals surface area contributed by atoms with Crippen LogP contribution >= 0.6 is 11.3 Å². The second-order valence-electron chi connectivity index (χ2n) is 5.76. The van der Waals surface area contributed by atoms with Crippen LogP contribution in [0.2, 0.25) is 0 Å². The van der Waals surface area contributed by atoms with Gasteiger partial charge >= 0.3 is 0 Å². The van der Waals surface area contributed by atoms with Crippen LogP contribution in [0.1, 0.15) is 13.3 Å². The number of nitrogens with two attached hydrogens (primary N) is 1. The minimum Gasteiger partial charge on any atom is -0.355 e. The van der Waals surface area contributed by atoms with Gasteiger partial charge in [0, 0.05) is 19.1 Å². The van der Waals surface area contributed by atoms with Crippen LogP contribution in [0.3, 0.4) is 0 Å². The van der Waals surface area contributed by atoms with E-state index < -0.39 is 6.04 Å². The lowest BCUT2D eigenvalue weighted by Crippen LogP contribution is -2.47. The molecule has 0 aliphatic carbocycles. The van der Waals surface area contributed by atoms with Crippen molar-refractivity contribution in [2.24, 2.45) is 5.73 Å². The number of thiophene rings is 1. The summed E-state index contributed by atoms with van der Waals surface area (Å²) >= 11 is 1.30. The van der Waals surface area contributed by atoms with Gasteiger partial charge in [-0.1, -0.05) is 0 Å². The zero-order valence-corrected chi connectivity index (χ0v) is 14.1. The van der Waals surface area contributed by atoms with Crippen molar-refractivity contribution in [3.8, 4) is 0 Å². The molecule has 0 bridgehead atoms. The van der Waals surface area contributed by atoms with E-state index in [2.05, 4.69) is 10.3 Å². The van der Waals surface area contributed by atoms with Crippen molar-refractivity contribution in [2.75, 3.05) is 13.1 Å². The highest BCUT2D eigenvalue weighted by atomic mass is 32.1. The summed E-state index contributed by atoms with van der Waals surface area (Å²) in [6.45, 7) is 2.47. The predicted octanol–water partition coefficient (Wildman–Crippen LogP) is -0.478. The Morgan fingerprint density at radius 1 is 1.50 bits per heavy atom. The zero-order valence-electron chi connectivity index (χ0n) is 13.3. The van der Waals surface area contributed by atoms with Crippen LogP contribution in [-0.4, -0.2) is 51.4 Å². The Kier molecular flexibility index (Phi) is 4.63. The van der Waals surface area contributed by atoms with Gasteiger partial charge in [-0.05, 0) is 24.8 Å². The van der Waals surface area contributed by atoms with Gasteiger partial charge in [0.25, 0.3) is 5.56 Å². The molecular formula is C15H19N5O3S. The van der Waals surface area contributed by atoms with E-state index in [1.54, 1.807) is 11.4 Å². The third kappa shape index (κ3) is 3.04. The van der Waals surface area contributed by atoms with Gasteiger partial charge in [0.2, 0.25) is 11.8 Å². The lowest BCUT2D eigenvalue weighted by Gasteiger charge is -2.23. The summed E-state index contributed by atoms with van der Waals surface area (Å²) in [5.74, 6) is -0.517. The molecule has 0 aromatic carbocycles. The van der Waals surface area contributed by atoms with Crippen LogP contribution in [-0.2, 0) is 16.1 Å².